The van der Waals surface area contributed by atoms with E-state index in [0.717, 1.165) is 21.3 Å². The Labute approximate surface area is 211 Å². The molecule has 2 aliphatic rings. The molecule has 7 nitrogen and oxygen atoms in total. The zero-order valence-electron chi connectivity index (χ0n) is 19.6. The van der Waals surface area contributed by atoms with Crippen LogP contribution in [-0.4, -0.2) is 35.0 Å². The third-order valence-corrected chi connectivity index (χ3v) is 7.41. The quantitative estimate of drug-likeness (QED) is 0.234. The van der Waals surface area contributed by atoms with E-state index in [4.69, 9.17) is 9.47 Å². The normalized spacial score (nSPS) is 18.7. The van der Waals surface area contributed by atoms with E-state index in [1.807, 2.05) is 56.3 Å². The van der Waals surface area contributed by atoms with Crippen LogP contribution in [0.4, 0.5) is 5.13 Å². The van der Waals surface area contributed by atoms with E-state index < -0.39 is 17.7 Å². The summed E-state index contributed by atoms with van der Waals surface area (Å²) < 4.78 is 12.1. The number of ketones is 1. The molecule has 2 aliphatic heterocycles. The molecular formula is C28H22N2O5S. The molecule has 1 fully saturated rings. The number of amides is 1. The summed E-state index contributed by atoms with van der Waals surface area (Å²) in [5.74, 6) is -0.708. The number of ether oxygens (including phenoxy) is 2. The van der Waals surface area contributed by atoms with Crippen LogP contribution in [-0.2, 0) is 9.59 Å². The number of rotatable bonds is 3. The summed E-state index contributed by atoms with van der Waals surface area (Å²) in [6, 6.07) is 17.6. The Morgan fingerprint density at radius 1 is 0.944 bits per heavy atom. The Morgan fingerprint density at radius 2 is 1.67 bits per heavy atom. The monoisotopic (exact) mass is 498 g/mol. The highest BCUT2D eigenvalue weighted by Gasteiger charge is 2.48. The summed E-state index contributed by atoms with van der Waals surface area (Å²) in [6.45, 7) is 4.79. The Bertz CT molecular complexity index is 1570. The summed E-state index contributed by atoms with van der Waals surface area (Å²) in [5, 5.41) is 11.8. The van der Waals surface area contributed by atoms with E-state index >= 15 is 0 Å². The Hall–Kier alpha value is -4.17. The van der Waals surface area contributed by atoms with Crippen molar-refractivity contribution >= 4 is 44.1 Å². The van der Waals surface area contributed by atoms with E-state index in [1.165, 1.54) is 16.2 Å². The van der Waals surface area contributed by atoms with Crippen molar-refractivity contribution in [3.05, 3.63) is 88.5 Å². The minimum atomic E-state index is -0.833. The maximum atomic E-state index is 13.4. The molecule has 1 N–H and O–H groups in total. The first kappa shape index (κ1) is 22.3. The number of anilines is 1. The number of carbonyl (C=O) groups is 2. The minimum Gasteiger partial charge on any atom is -0.507 e. The number of aryl methyl sites for hydroxylation is 2. The molecule has 3 aromatic carbocycles. The maximum absolute atomic E-state index is 13.4. The summed E-state index contributed by atoms with van der Waals surface area (Å²) in [7, 11) is 0. The molecule has 36 heavy (non-hydrogen) atoms. The number of Topliss-reactive ketones (excluding diaryl/α,β-unsaturated/α-hetero) is 1. The first-order valence-corrected chi connectivity index (χ1v) is 12.4. The standard InChI is InChI=1S/C28H22N2O5S/c1-15-3-6-17(7-4-15)24-23(25(31)18-8-10-20-21(14-18)35-12-11-34-20)26(32)27(33)30(24)28-29-19-9-5-16(2)13-22(19)36-28/h3-10,13-14,24,31H,11-12H2,1-2H3/t24-/m0/s1. The van der Waals surface area contributed by atoms with E-state index in [2.05, 4.69) is 4.98 Å². The number of aromatic nitrogens is 1. The van der Waals surface area contributed by atoms with Crippen LogP contribution in [0.1, 0.15) is 28.3 Å². The second kappa shape index (κ2) is 8.49. The van der Waals surface area contributed by atoms with Gasteiger partial charge in [0, 0.05) is 5.56 Å². The van der Waals surface area contributed by atoms with Crippen molar-refractivity contribution < 1.29 is 24.2 Å². The van der Waals surface area contributed by atoms with Gasteiger partial charge in [0.25, 0.3) is 5.78 Å². The molecule has 1 saturated heterocycles. The first-order chi connectivity index (χ1) is 17.4. The molecule has 0 saturated carbocycles. The lowest BCUT2D eigenvalue weighted by Crippen LogP contribution is -2.29. The molecular weight excluding hydrogens is 476 g/mol. The van der Waals surface area contributed by atoms with Crippen molar-refractivity contribution in [2.75, 3.05) is 18.1 Å². The molecule has 4 aromatic rings. The largest absolute Gasteiger partial charge is 0.507 e. The number of carbonyl (C=O) groups excluding carboxylic acids is 2. The molecule has 0 bridgehead atoms. The highest BCUT2D eigenvalue weighted by molar-refractivity contribution is 7.22. The number of hydrogen-bond acceptors (Lipinski definition) is 7. The van der Waals surface area contributed by atoms with E-state index in [-0.39, 0.29) is 11.3 Å². The SMILES string of the molecule is Cc1ccc([C@H]2C(=C(O)c3ccc4c(c3)OCCO4)C(=O)C(=O)N2c2nc3ccc(C)cc3s2)cc1. The molecule has 3 heterocycles. The molecule has 0 aliphatic carbocycles. The van der Waals surface area contributed by atoms with Gasteiger partial charge in [-0.15, -0.1) is 0 Å². The van der Waals surface area contributed by atoms with Gasteiger partial charge < -0.3 is 14.6 Å². The molecule has 1 atom stereocenters. The van der Waals surface area contributed by atoms with Crippen molar-refractivity contribution in [2.45, 2.75) is 19.9 Å². The summed E-state index contributed by atoms with van der Waals surface area (Å²) in [6.07, 6.45) is 0. The van der Waals surface area contributed by atoms with Gasteiger partial charge in [-0.2, -0.15) is 0 Å². The van der Waals surface area contributed by atoms with Crippen molar-refractivity contribution in [3.8, 4) is 11.5 Å². The zero-order valence-corrected chi connectivity index (χ0v) is 20.5. The van der Waals surface area contributed by atoms with Crippen LogP contribution < -0.4 is 14.4 Å². The average Bonchev–Trinajstić information content (AvgIpc) is 3.41. The van der Waals surface area contributed by atoms with Gasteiger partial charge in [0.05, 0.1) is 21.8 Å². The van der Waals surface area contributed by atoms with Gasteiger partial charge in [0.15, 0.2) is 16.6 Å². The smallest absolute Gasteiger partial charge is 0.301 e. The van der Waals surface area contributed by atoms with Crippen LogP contribution in [0, 0.1) is 13.8 Å². The number of nitrogens with zero attached hydrogens (tertiary/aromatic N) is 2. The van der Waals surface area contributed by atoms with Gasteiger partial charge in [-0.3, -0.25) is 14.5 Å². The Kier molecular flexibility index (Phi) is 5.26. The topological polar surface area (TPSA) is 89.0 Å². The highest BCUT2D eigenvalue weighted by atomic mass is 32.1. The van der Waals surface area contributed by atoms with Gasteiger partial charge >= 0.3 is 5.91 Å². The predicted molar refractivity (Wildman–Crippen MR) is 138 cm³/mol. The van der Waals surface area contributed by atoms with Crippen molar-refractivity contribution in [2.24, 2.45) is 0 Å². The van der Waals surface area contributed by atoms with Crippen LogP contribution in [0.2, 0.25) is 0 Å². The maximum Gasteiger partial charge on any atom is 0.301 e. The van der Waals surface area contributed by atoms with Crippen molar-refractivity contribution in [3.63, 3.8) is 0 Å². The van der Waals surface area contributed by atoms with Crippen LogP contribution in [0.15, 0.2) is 66.2 Å². The second-order valence-electron chi connectivity index (χ2n) is 8.91. The lowest BCUT2D eigenvalue weighted by atomic mass is 9.94. The second-order valence-corrected chi connectivity index (χ2v) is 9.91. The van der Waals surface area contributed by atoms with E-state index in [0.29, 0.717) is 41.0 Å². The van der Waals surface area contributed by atoms with Crippen LogP contribution in [0.25, 0.3) is 16.0 Å². The van der Waals surface area contributed by atoms with Crippen LogP contribution >= 0.6 is 11.3 Å². The molecule has 1 amide bonds. The molecule has 6 rings (SSSR count). The fourth-order valence-corrected chi connectivity index (χ4v) is 5.65. The Balaban J connectivity index is 1.54. The third kappa shape index (κ3) is 3.61. The van der Waals surface area contributed by atoms with Crippen LogP contribution in [0.3, 0.4) is 0 Å². The number of thiazole rings is 1. The predicted octanol–water partition coefficient (Wildman–Crippen LogP) is 5.31. The average molecular weight is 499 g/mol. The van der Waals surface area contributed by atoms with Crippen LogP contribution in [0.5, 0.6) is 11.5 Å². The summed E-state index contributed by atoms with van der Waals surface area (Å²) in [4.78, 5) is 32.9. The molecule has 0 radical (unpaired) electrons. The number of aliphatic hydroxyl groups excluding tert-OH is 1. The fraction of sp³-hybridized carbons (Fsp3) is 0.179. The Morgan fingerprint density at radius 3 is 2.44 bits per heavy atom. The first-order valence-electron chi connectivity index (χ1n) is 11.6. The fourth-order valence-electron chi connectivity index (χ4n) is 4.56. The lowest BCUT2D eigenvalue weighted by Gasteiger charge is -2.23. The molecule has 1 aromatic heterocycles. The van der Waals surface area contributed by atoms with Gasteiger partial charge in [-0.05, 0) is 55.3 Å². The van der Waals surface area contributed by atoms with Crippen molar-refractivity contribution in [1.82, 2.24) is 4.98 Å². The molecule has 0 spiro atoms. The van der Waals surface area contributed by atoms with E-state index in [1.54, 1.807) is 18.2 Å². The van der Waals surface area contributed by atoms with Gasteiger partial charge in [-0.25, -0.2) is 4.98 Å². The summed E-state index contributed by atoms with van der Waals surface area (Å²) in [5.41, 5.74) is 3.95. The lowest BCUT2D eigenvalue weighted by molar-refractivity contribution is -0.132. The zero-order chi connectivity index (χ0) is 25.0. The van der Waals surface area contributed by atoms with Gasteiger partial charge in [-0.1, -0.05) is 47.2 Å². The number of aliphatic hydroxyl groups is 1. The summed E-state index contributed by atoms with van der Waals surface area (Å²) >= 11 is 1.35. The number of fused-ring (bicyclic) bond motifs is 2. The highest BCUT2D eigenvalue weighted by Crippen LogP contribution is 2.45. The molecule has 180 valence electrons. The third-order valence-electron chi connectivity index (χ3n) is 6.39. The molecule has 0 unspecified atom stereocenters. The van der Waals surface area contributed by atoms with Gasteiger partial charge in [0.2, 0.25) is 0 Å². The van der Waals surface area contributed by atoms with Crippen molar-refractivity contribution in [1.29, 1.82) is 0 Å². The minimum absolute atomic E-state index is 0.0102. The van der Waals surface area contributed by atoms with E-state index in [9.17, 15) is 14.7 Å². The number of hydrogen-bond donors (Lipinski definition) is 1. The van der Waals surface area contributed by atoms with Gasteiger partial charge in [0.1, 0.15) is 19.0 Å². The number of benzene rings is 3. The molecule has 8 heteroatoms.